The molecule has 0 saturated heterocycles. The van der Waals surface area contributed by atoms with Crippen molar-refractivity contribution >= 4 is 26.5 Å². The van der Waals surface area contributed by atoms with Crippen LogP contribution in [0.2, 0.25) is 0 Å². The van der Waals surface area contributed by atoms with Crippen molar-refractivity contribution in [1.82, 2.24) is 0 Å². The Kier molecular flexibility index (Phi) is 6.47. The third-order valence-corrected chi connectivity index (χ3v) is 7.80. The largest absolute Gasteiger partial charge is 0.303 e. The maximum atomic E-state index is 12.5. The topological polar surface area (TPSA) is 104 Å². The van der Waals surface area contributed by atoms with Crippen molar-refractivity contribution in [3.05, 3.63) is 59.7 Å². The highest BCUT2D eigenvalue weighted by Gasteiger charge is 2.46. The molecular weight excluding hydrogens is 428 g/mol. The van der Waals surface area contributed by atoms with Gasteiger partial charge in [0.1, 0.15) is 6.29 Å². The summed E-state index contributed by atoms with van der Waals surface area (Å²) in [6, 6.07) is 12.4. The second-order valence-electron chi connectivity index (χ2n) is 7.86. The summed E-state index contributed by atoms with van der Waals surface area (Å²) in [7, 11) is -8.03. The molecule has 0 aromatic heterocycles. The lowest BCUT2D eigenvalue weighted by Crippen LogP contribution is -2.46. The van der Waals surface area contributed by atoms with Crippen molar-refractivity contribution in [2.45, 2.75) is 36.5 Å². The minimum absolute atomic E-state index is 0.0164. The van der Waals surface area contributed by atoms with Gasteiger partial charge >= 0.3 is 0 Å². The van der Waals surface area contributed by atoms with Crippen LogP contribution >= 0.6 is 0 Å². The van der Waals surface area contributed by atoms with E-state index in [0.29, 0.717) is 12.8 Å². The predicted molar refractivity (Wildman–Crippen MR) is 110 cm³/mol. The van der Waals surface area contributed by atoms with E-state index in [-0.39, 0.29) is 28.9 Å². The average Bonchev–Trinajstić information content (AvgIpc) is 2.67. The zero-order valence-corrected chi connectivity index (χ0v) is 18.4. The Morgan fingerprint density at radius 1 is 0.800 bits per heavy atom. The van der Waals surface area contributed by atoms with Gasteiger partial charge in [-0.2, -0.15) is 16.8 Å². The fourth-order valence-electron chi connectivity index (χ4n) is 3.38. The molecule has 1 aliphatic rings. The van der Waals surface area contributed by atoms with Gasteiger partial charge in [-0.25, -0.2) is 0 Å². The molecule has 0 amide bonds. The molecule has 1 aliphatic carbocycles. The normalized spacial score (nSPS) is 16.7. The van der Waals surface area contributed by atoms with Gasteiger partial charge in [0.05, 0.1) is 23.0 Å². The molecule has 3 rings (SSSR count). The Balaban J connectivity index is 1.71. The van der Waals surface area contributed by atoms with E-state index in [2.05, 4.69) is 0 Å². The molecule has 0 unspecified atom stereocenters. The minimum Gasteiger partial charge on any atom is -0.303 e. The maximum absolute atomic E-state index is 12.5. The van der Waals surface area contributed by atoms with Crippen LogP contribution in [0.4, 0.5) is 0 Å². The molecule has 1 saturated carbocycles. The number of benzene rings is 2. The van der Waals surface area contributed by atoms with Crippen LogP contribution < -0.4 is 0 Å². The molecule has 9 heteroatoms. The molecule has 1 fully saturated rings. The van der Waals surface area contributed by atoms with Crippen molar-refractivity contribution in [2.75, 3.05) is 13.2 Å². The highest BCUT2D eigenvalue weighted by Crippen LogP contribution is 2.46. The quantitative estimate of drug-likeness (QED) is 0.425. The summed E-state index contributed by atoms with van der Waals surface area (Å²) in [4.78, 5) is 11.1. The van der Waals surface area contributed by atoms with E-state index in [0.717, 1.165) is 17.4 Å². The highest BCUT2D eigenvalue weighted by atomic mass is 32.2. The lowest BCUT2D eigenvalue weighted by atomic mass is 9.63. The Morgan fingerprint density at radius 3 is 1.50 bits per heavy atom. The van der Waals surface area contributed by atoms with Crippen LogP contribution in [0.5, 0.6) is 0 Å². The zero-order valence-electron chi connectivity index (χ0n) is 16.8. The fraction of sp³-hybridized carbons (Fsp3) is 0.381. The van der Waals surface area contributed by atoms with Crippen LogP contribution in [0.25, 0.3) is 0 Å². The SMILES string of the molecule is Cc1ccc(S(=O)(=O)OCC2(COS(=O)(=O)c3ccc(C)cc3)CC(C=O)C2)cc1. The minimum atomic E-state index is -4.01. The van der Waals surface area contributed by atoms with E-state index in [1.165, 1.54) is 24.3 Å². The molecule has 0 aliphatic heterocycles. The van der Waals surface area contributed by atoms with Gasteiger partial charge in [0.15, 0.2) is 0 Å². The van der Waals surface area contributed by atoms with Crippen LogP contribution in [0.3, 0.4) is 0 Å². The highest BCUT2D eigenvalue weighted by molar-refractivity contribution is 7.87. The number of carbonyl (C=O) groups excluding carboxylic acids is 1. The van der Waals surface area contributed by atoms with Crippen molar-refractivity contribution in [2.24, 2.45) is 11.3 Å². The molecule has 2 aromatic rings. The standard InChI is InChI=1S/C21H24O7S2/c1-16-3-7-19(8-4-16)29(23,24)27-14-21(11-18(12-21)13-22)15-28-30(25,26)20-9-5-17(2)6-10-20/h3-10,13,18H,11-12,14-15H2,1-2H3. The number of hydrogen-bond donors (Lipinski definition) is 0. The number of hydrogen-bond acceptors (Lipinski definition) is 7. The Hall–Kier alpha value is -2.07. The van der Waals surface area contributed by atoms with Crippen LogP contribution in [0.15, 0.2) is 58.3 Å². The number of aldehydes is 1. The van der Waals surface area contributed by atoms with E-state index in [1.807, 2.05) is 13.8 Å². The predicted octanol–water partition coefficient (Wildman–Crippen LogP) is 3.01. The van der Waals surface area contributed by atoms with Gasteiger partial charge in [-0.3, -0.25) is 8.37 Å². The molecule has 0 bridgehead atoms. The van der Waals surface area contributed by atoms with Gasteiger partial charge in [-0.1, -0.05) is 35.4 Å². The molecular formula is C21H24O7S2. The van der Waals surface area contributed by atoms with Crippen molar-refractivity contribution < 1.29 is 30.0 Å². The first-order valence-electron chi connectivity index (χ1n) is 9.43. The van der Waals surface area contributed by atoms with E-state index >= 15 is 0 Å². The monoisotopic (exact) mass is 452 g/mol. The average molecular weight is 453 g/mol. The van der Waals surface area contributed by atoms with E-state index in [9.17, 15) is 21.6 Å². The van der Waals surface area contributed by atoms with Crippen LogP contribution in [-0.4, -0.2) is 36.3 Å². The molecule has 0 radical (unpaired) electrons. The summed E-state index contributed by atoms with van der Waals surface area (Å²) in [5, 5.41) is 0. The van der Waals surface area contributed by atoms with Crippen molar-refractivity contribution in [3.63, 3.8) is 0 Å². The molecule has 0 heterocycles. The molecule has 0 N–H and O–H groups in total. The van der Waals surface area contributed by atoms with Crippen molar-refractivity contribution in [3.8, 4) is 0 Å². The number of aryl methyl sites for hydroxylation is 2. The number of carbonyl (C=O) groups is 1. The summed E-state index contributed by atoms with van der Waals surface area (Å²) in [5.74, 6) is -0.277. The van der Waals surface area contributed by atoms with Gasteiger partial charge in [-0.15, -0.1) is 0 Å². The van der Waals surface area contributed by atoms with E-state index in [4.69, 9.17) is 8.37 Å². The molecule has 162 valence electrons. The smallest absolute Gasteiger partial charge is 0.296 e. The van der Waals surface area contributed by atoms with E-state index in [1.54, 1.807) is 24.3 Å². The summed E-state index contributed by atoms with van der Waals surface area (Å²) in [6.45, 7) is 3.14. The number of rotatable bonds is 9. The van der Waals surface area contributed by atoms with Crippen molar-refractivity contribution in [1.29, 1.82) is 0 Å². The fourth-order valence-corrected chi connectivity index (χ4v) is 5.40. The Morgan fingerprint density at radius 2 is 1.17 bits per heavy atom. The van der Waals surface area contributed by atoms with Gasteiger partial charge in [0.25, 0.3) is 20.2 Å². The summed E-state index contributed by atoms with van der Waals surface area (Å²) in [5.41, 5.74) is 0.946. The first kappa shape index (κ1) is 22.6. The second-order valence-corrected chi connectivity index (χ2v) is 11.1. The molecule has 30 heavy (non-hydrogen) atoms. The lowest BCUT2D eigenvalue weighted by Gasteiger charge is -2.44. The molecule has 0 spiro atoms. The molecule has 0 atom stereocenters. The third kappa shape index (κ3) is 5.15. The summed E-state index contributed by atoms with van der Waals surface area (Å²) >= 11 is 0. The van der Waals surface area contributed by atoms with Crippen LogP contribution in [-0.2, 0) is 33.4 Å². The lowest BCUT2D eigenvalue weighted by molar-refractivity contribution is -0.120. The summed E-state index contributed by atoms with van der Waals surface area (Å²) in [6.07, 6.45) is 1.37. The van der Waals surface area contributed by atoms with Crippen LogP contribution in [0, 0.1) is 25.2 Å². The summed E-state index contributed by atoms with van der Waals surface area (Å²) < 4.78 is 60.4. The van der Waals surface area contributed by atoms with Gasteiger partial charge in [0, 0.05) is 11.3 Å². The van der Waals surface area contributed by atoms with Gasteiger partial charge < -0.3 is 4.79 Å². The van der Waals surface area contributed by atoms with Gasteiger partial charge in [-0.05, 0) is 51.0 Å². The van der Waals surface area contributed by atoms with Crippen LogP contribution in [0.1, 0.15) is 24.0 Å². The van der Waals surface area contributed by atoms with Gasteiger partial charge in [0.2, 0.25) is 0 Å². The molecule has 2 aromatic carbocycles. The Bertz CT molecular complexity index is 1020. The Labute approximate surface area is 177 Å². The zero-order chi connectivity index (χ0) is 22.0. The first-order chi connectivity index (χ1) is 14.1. The molecule has 7 nitrogen and oxygen atoms in total. The maximum Gasteiger partial charge on any atom is 0.296 e. The van der Waals surface area contributed by atoms with E-state index < -0.39 is 25.7 Å². The third-order valence-electron chi connectivity index (χ3n) is 5.24. The second kappa shape index (κ2) is 8.58. The first-order valence-corrected chi connectivity index (χ1v) is 12.2.